The second kappa shape index (κ2) is 11.5. The smallest absolute Gasteiger partial charge is 0.350 e. The van der Waals surface area contributed by atoms with E-state index in [9.17, 15) is 35.2 Å². The summed E-state index contributed by atoms with van der Waals surface area (Å²) in [5.41, 5.74) is -2.04. The molecule has 2 aliphatic rings. The van der Waals surface area contributed by atoms with Crippen molar-refractivity contribution in [2.24, 2.45) is 7.05 Å². The first-order valence-corrected chi connectivity index (χ1v) is 13.7. The standard InChI is InChI=1S/C23H27ClF5N5O3S.ClH/c1-32-13-19(31-15-32)38(36,37)34-10-8-33(9-11-34)21(4-6-22(25,26)7-5-21)14-30-20(35)17-3-2-16(12-18(17)24)23(27,28)29;/h2-3,12-13,15H,4-11,14H2,1H3,(H,30,35);1H. The number of nitrogens with zero attached hydrogens (tertiary/aromatic N) is 4. The maximum absolute atomic E-state index is 14.1. The molecule has 1 aliphatic heterocycles. The number of alkyl halides is 5. The highest BCUT2D eigenvalue weighted by atomic mass is 35.5. The summed E-state index contributed by atoms with van der Waals surface area (Å²) in [6.07, 6.45) is -2.56. The zero-order chi connectivity index (χ0) is 27.9. The molecule has 2 fully saturated rings. The van der Waals surface area contributed by atoms with Gasteiger partial charge in [-0.2, -0.15) is 17.5 Å². The van der Waals surface area contributed by atoms with Crippen LogP contribution in [0.1, 0.15) is 41.6 Å². The number of imidazole rings is 1. The van der Waals surface area contributed by atoms with E-state index in [0.29, 0.717) is 6.07 Å². The quantitative estimate of drug-likeness (QED) is 0.490. The first kappa shape index (κ1) is 31.5. The van der Waals surface area contributed by atoms with Crippen LogP contribution in [0.15, 0.2) is 35.7 Å². The van der Waals surface area contributed by atoms with Crippen LogP contribution >= 0.6 is 24.0 Å². The van der Waals surface area contributed by atoms with Gasteiger partial charge < -0.3 is 9.88 Å². The molecule has 0 atom stereocenters. The van der Waals surface area contributed by atoms with E-state index in [-0.39, 0.29) is 73.6 Å². The fourth-order valence-electron chi connectivity index (χ4n) is 4.96. The Morgan fingerprint density at radius 1 is 1.10 bits per heavy atom. The van der Waals surface area contributed by atoms with E-state index < -0.39 is 52.0 Å². The van der Waals surface area contributed by atoms with E-state index in [1.165, 1.54) is 21.4 Å². The van der Waals surface area contributed by atoms with Gasteiger partial charge in [-0.05, 0) is 31.0 Å². The predicted octanol–water partition coefficient (Wildman–Crippen LogP) is 4.20. The van der Waals surface area contributed by atoms with Gasteiger partial charge in [0.15, 0.2) is 5.03 Å². The highest BCUT2D eigenvalue weighted by Gasteiger charge is 2.48. The summed E-state index contributed by atoms with van der Waals surface area (Å²) < 4.78 is 95.6. The fraction of sp³-hybridized carbons (Fsp3) is 0.565. The molecule has 0 spiro atoms. The molecule has 218 valence electrons. The van der Waals surface area contributed by atoms with Crippen molar-refractivity contribution in [3.05, 3.63) is 46.9 Å². The maximum atomic E-state index is 14.1. The number of nitrogens with one attached hydrogen (secondary N) is 1. The number of hydrogen-bond acceptors (Lipinski definition) is 5. The summed E-state index contributed by atoms with van der Waals surface area (Å²) in [4.78, 5) is 18.7. The van der Waals surface area contributed by atoms with Crippen LogP contribution < -0.4 is 5.32 Å². The Labute approximate surface area is 234 Å². The molecule has 0 unspecified atom stereocenters. The van der Waals surface area contributed by atoms with Crippen LogP contribution in [-0.2, 0) is 23.2 Å². The Hall–Kier alpha value is -2.00. The monoisotopic (exact) mass is 619 g/mol. The van der Waals surface area contributed by atoms with E-state index in [2.05, 4.69) is 10.3 Å². The molecular formula is C23H28Cl2F5N5O3S. The molecule has 0 radical (unpaired) electrons. The Kier molecular flexibility index (Phi) is 9.27. The van der Waals surface area contributed by atoms with Crippen LogP contribution in [0, 0.1) is 0 Å². The van der Waals surface area contributed by atoms with Gasteiger partial charge in [-0.15, -0.1) is 12.4 Å². The largest absolute Gasteiger partial charge is 0.416 e. The van der Waals surface area contributed by atoms with Crippen molar-refractivity contribution in [2.75, 3.05) is 32.7 Å². The Balaban J connectivity index is 0.00000420. The predicted molar refractivity (Wildman–Crippen MR) is 136 cm³/mol. The lowest BCUT2D eigenvalue weighted by Gasteiger charge is -2.50. The minimum absolute atomic E-state index is 0. The van der Waals surface area contributed by atoms with Crippen LogP contribution in [0.5, 0.6) is 0 Å². The molecule has 1 N–H and O–H groups in total. The summed E-state index contributed by atoms with van der Waals surface area (Å²) in [6.45, 7) is 0.654. The van der Waals surface area contributed by atoms with Crippen molar-refractivity contribution in [3.63, 3.8) is 0 Å². The Morgan fingerprint density at radius 2 is 1.72 bits per heavy atom. The van der Waals surface area contributed by atoms with Gasteiger partial charge in [0.2, 0.25) is 5.92 Å². The van der Waals surface area contributed by atoms with Crippen LogP contribution in [0.3, 0.4) is 0 Å². The molecule has 1 saturated heterocycles. The van der Waals surface area contributed by atoms with E-state index in [1.54, 1.807) is 7.05 Å². The molecule has 0 bridgehead atoms. The van der Waals surface area contributed by atoms with Crippen molar-refractivity contribution < 1.29 is 35.2 Å². The van der Waals surface area contributed by atoms with E-state index >= 15 is 0 Å². The molecular weight excluding hydrogens is 592 g/mol. The number of benzene rings is 1. The van der Waals surface area contributed by atoms with Crippen LogP contribution in [0.2, 0.25) is 5.02 Å². The average molecular weight is 620 g/mol. The number of aryl methyl sites for hydroxylation is 1. The molecule has 2 heterocycles. The normalized spacial score (nSPS) is 20.3. The molecule has 1 aromatic carbocycles. The van der Waals surface area contributed by atoms with Crippen molar-refractivity contribution in [3.8, 4) is 0 Å². The number of hydrogen-bond donors (Lipinski definition) is 1. The zero-order valence-corrected chi connectivity index (χ0v) is 23.2. The lowest BCUT2D eigenvalue weighted by molar-refractivity contribution is -0.137. The maximum Gasteiger partial charge on any atom is 0.416 e. The van der Waals surface area contributed by atoms with E-state index in [4.69, 9.17) is 11.6 Å². The number of piperazine rings is 1. The van der Waals surface area contributed by atoms with Gasteiger partial charge in [0, 0.05) is 64.3 Å². The van der Waals surface area contributed by atoms with Crippen molar-refractivity contribution in [1.29, 1.82) is 0 Å². The first-order valence-electron chi connectivity index (χ1n) is 11.9. The number of carbonyl (C=O) groups excluding carboxylic acids is 1. The minimum Gasteiger partial charge on any atom is -0.350 e. The Morgan fingerprint density at radius 3 is 2.23 bits per heavy atom. The summed E-state index contributed by atoms with van der Waals surface area (Å²) in [5.74, 6) is -3.58. The van der Waals surface area contributed by atoms with E-state index in [0.717, 1.165) is 12.1 Å². The number of sulfonamides is 1. The third kappa shape index (κ3) is 6.84. The average Bonchev–Trinajstić information content (AvgIpc) is 3.30. The van der Waals surface area contributed by atoms with Crippen LogP contribution in [-0.4, -0.2) is 77.3 Å². The second-order valence-electron chi connectivity index (χ2n) is 9.72. The number of carbonyl (C=O) groups is 1. The fourth-order valence-corrected chi connectivity index (χ4v) is 6.61. The summed E-state index contributed by atoms with van der Waals surface area (Å²) >= 11 is 5.94. The van der Waals surface area contributed by atoms with Gasteiger partial charge in [0.05, 0.1) is 22.5 Å². The molecule has 39 heavy (non-hydrogen) atoms. The number of halogens is 7. The van der Waals surface area contributed by atoms with Crippen molar-refractivity contribution in [1.82, 2.24) is 24.1 Å². The molecule has 16 heteroatoms. The van der Waals surface area contributed by atoms with Gasteiger partial charge in [0.25, 0.3) is 15.9 Å². The van der Waals surface area contributed by atoms with Gasteiger partial charge in [-0.25, -0.2) is 22.2 Å². The van der Waals surface area contributed by atoms with Gasteiger partial charge in [0.1, 0.15) is 0 Å². The van der Waals surface area contributed by atoms with Crippen LogP contribution in [0.4, 0.5) is 22.0 Å². The molecule has 1 saturated carbocycles. The summed E-state index contributed by atoms with van der Waals surface area (Å²) in [6, 6.07) is 2.39. The zero-order valence-electron chi connectivity index (χ0n) is 20.8. The van der Waals surface area contributed by atoms with Crippen molar-refractivity contribution in [2.45, 2.75) is 48.3 Å². The lowest BCUT2D eigenvalue weighted by atomic mass is 9.78. The van der Waals surface area contributed by atoms with Gasteiger partial charge >= 0.3 is 6.18 Å². The summed E-state index contributed by atoms with van der Waals surface area (Å²) in [7, 11) is -2.17. The first-order chi connectivity index (χ1) is 17.6. The van der Waals surface area contributed by atoms with Crippen molar-refractivity contribution >= 4 is 39.9 Å². The second-order valence-corrected chi connectivity index (χ2v) is 12.0. The molecule has 1 amide bonds. The minimum atomic E-state index is -4.62. The van der Waals surface area contributed by atoms with Crippen LogP contribution in [0.25, 0.3) is 0 Å². The van der Waals surface area contributed by atoms with Gasteiger partial charge in [-0.3, -0.25) is 9.69 Å². The Bertz CT molecular complexity index is 1290. The molecule has 1 aliphatic carbocycles. The molecule has 2 aromatic rings. The SMILES string of the molecule is Cl.Cn1cnc(S(=O)(=O)N2CCN(C3(CNC(=O)c4ccc(C(F)(F)F)cc4Cl)CCC(F)(F)CC3)CC2)c1. The van der Waals surface area contributed by atoms with Gasteiger partial charge in [-0.1, -0.05) is 11.6 Å². The number of rotatable bonds is 6. The molecule has 4 rings (SSSR count). The summed E-state index contributed by atoms with van der Waals surface area (Å²) in [5, 5.41) is 2.21. The topological polar surface area (TPSA) is 87.5 Å². The third-order valence-electron chi connectivity index (χ3n) is 7.23. The number of amides is 1. The number of aromatic nitrogens is 2. The third-order valence-corrected chi connectivity index (χ3v) is 9.32. The highest BCUT2D eigenvalue weighted by molar-refractivity contribution is 7.89. The molecule has 1 aromatic heterocycles. The molecule has 8 nitrogen and oxygen atoms in total. The highest BCUT2D eigenvalue weighted by Crippen LogP contribution is 2.42. The van der Waals surface area contributed by atoms with E-state index in [1.807, 2.05) is 4.90 Å². The lowest BCUT2D eigenvalue weighted by Crippen LogP contribution is -2.63.